The molecule has 5 heteroatoms. The number of amides is 2. The molecular weight excluding hydrogens is 260 g/mol. The number of carbonyl (C=O) groups excluding carboxylic acids is 2. The Morgan fingerprint density at radius 3 is 1.68 bits per heavy atom. The maximum atomic E-state index is 11.9. The van der Waals surface area contributed by atoms with E-state index in [0.717, 1.165) is 38.5 Å². The second-order valence-corrected chi connectivity index (χ2v) is 5.33. The van der Waals surface area contributed by atoms with Crippen molar-refractivity contribution in [3.8, 4) is 0 Å². The third-order valence-electron chi connectivity index (χ3n) is 3.34. The molecule has 1 aliphatic rings. The average molecular weight is 284 g/mol. The number of nitrogens with zero attached hydrogens (tertiary/aromatic N) is 2. The molecule has 108 valence electrons. The van der Waals surface area contributed by atoms with Gasteiger partial charge in [-0.15, -0.1) is 0 Å². The van der Waals surface area contributed by atoms with Gasteiger partial charge in [0.1, 0.15) is 6.42 Å². The van der Waals surface area contributed by atoms with E-state index in [2.05, 4.69) is 13.8 Å². The zero-order valence-corrected chi connectivity index (χ0v) is 12.8. The molecule has 4 nitrogen and oxygen atoms in total. The first-order valence-electron chi connectivity index (χ1n) is 7.26. The molecule has 19 heavy (non-hydrogen) atoms. The van der Waals surface area contributed by atoms with E-state index < -0.39 is 0 Å². The number of hydrogen-bond acceptors (Lipinski definition) is 3. The van der Waals surface area contributed by atoms with Gasteiger partial charge >= 0.3 is 0 Å². The highest BCUT2D eigenvalue weighted by Crippen LogP contribution is 2.15. The van der Waals surface area contributed by atoms with Crippen molar-refractivity contribution in [2.24, 2.45) is 0 Å². The van der Waals surface area contributed by atoms with Crippen LogP contribution in [0.3, 0.4) is 0 Å². The molecule has 0 radical (unpaired) electrons. The fraction of sp³-hybridized carbons (Fsp3) is 0.786. The third kappa shape index (κ3) is 4.56. The van der Waals surface area contributed by atoms with Crippen LogP contribution in [0.4, 0.5) is 0 Å². The zero-order valence-electron chi connectivity index (χ0n) is 12.0. The van der Waals surface area contributed by atoms with Gasteiger partial charge in [0.15, 0.2) is 5.11 Å². The highest BCUT2D eigenvalue weighted by Gasteiger charge is 2.33. The van der Waals surface area contributed by atoms with Gasteiger partial charge < -0.3 is 0 Å². The molecule has 0 N–H and O–H groups in total. The van der Waals surface area contributed by atoms with Crippen LogP contribution in [0.15, 0.2) is 0 Å². The number of carbonyl (C=O) groups is 2. The molecule has 1 fully saturated rings. The van der Waals surface area contributed by atoms with E-state index in [9.17, 15) is 9.59 Å². The Kier molecular flexibility index (Phi) is 6.99. The summed E-state index contributed by atoms with van der Waals surface area (Å²) < 4.78 is 0. The van der Waals surface area contributed by atoms with Gasteiger partial charge in [0.05, 0.1) is 0 Å². The molecule has 1 saturated heterocycles. The Balaban J connectivity index is 2.59. The van der Waals surface area contributed by atoms with Crippen LogP contribution in [-0.2, 0) is 9.59 Å². The molecule has 1 rings (SSSR count). The summed E-state index contributed by atoms with van der Waals surface area (Å²) in [6, 6.07) is 0. The fourth-order valence-corrected chi connectivity index (χ4v) is 2.55. The van der Waals surface area contributed by atoms with Crippen molar-refractivity contribution < 1.29 is 9.59 Å². The SMILES string of the molecule is CCCCCN1C(=O)CC(=O)N(CCCCC)C1=S. The predicted octanol–water partition coefficient (Wildman–Crippen LogP) is 2.71. The standard InChI is InChI=1S/C14H24N2O2S/c1-3-5-7-9-15-12(17)11-13(18)16(14(15)19)10-8-6-4-2/h3-11H2,1-2H3. The van der Waals surface area contributed by atoms with E-state index in [1.54, 1.807) is 9.80 Å². The molecule has 0 unspecified atom stereocenters. The predicted molar refractivity (Wildman–Crippen MR) is 79.7 cm³/mol. The molecule has 0 saturated carbocycles. The first-order valence-corrected chi connectivity index (χ1v) is 7.67. The monoisotopic (exact) mass is 284 g/mol. The highest BCUT2D eigenvalue weighted by atomic mass is 32.1. The molecule has 0 atom stereocenters. The summed E-state index contributed by atoms with van der Waals surface area (Å²) in [5.74, 6) is -0.282. The van der Waals surface area contributed by atoms with Crippen LogP contribution in [0.5, 0.6) is 0 Å². The van der Waals surface area contributed by atoms with E-state index in [-0.39, 0.29) is 18.2 Å². The molecule has 0 aliphatic carbocycles. The lowest BCUT2D eigenvalue weighted by Crippen LogP contribution is -2.55. The molecule has 1 heterocycles. The van der Waals surface area contributed by atoms with Crippen LogP contribution in [0.2, 0.25) is 0 Å². The van der Waals surface area contributed by atoms with Gasteiger partial charge in [-0.2, -0.15) is 0 Å². The van der Waals surface area contributed by atoms with Crippen LogP contribution in [0, 0.1) is 0 Å². The topological polar surface area (TPSA) is 40.6 Å². The van der Waals surface area contributed by atoms with Gasteiger partial charge in [-0.05, 0) is 25.1 Å². The number of thiocarbonyl (C=S) groups is 1. The van der Waals surface area contributed by atoms with E-state index in [0.29, 0.717) is 18.2 Å². The van der Waals surface area contributed by atoms with Crippen LogP contribution in [-0.4, -0.2) is 39.8 Å². The fourth-order valence-electron chi connectivity index (χ4n) is 2.16. The lowest BCUT2D eigenvalue weighted by Gasteiger charge is -2.35. The van der Waals surface area contributed by atoms with Gasteiger partial charge in [0.2, 0.25) is 11.8 Å². The normalized spacial score (nSPS) is 16.4. The number of unbranched alkanes of at least 4 members (excludes halogenated alkanes) is 4. The molecule has 1 aliphatic heterocycles. The summed E-state index contributed by atoms with van der Waals surface area (Å²) in [5, 5.41) is 0.411. The minimum Gasteiger partial charge on any atom is -0.288 e. The Labute approximate surface area is 121 Å². The van der Waals surface area contributed by atoms with Gasteiger partial charge in [-0.3, -0.25) is 19.4 Å². The van der Waals surface area contributed by atoms with Crippen molar-refractivity contribution in [3.05, 3.63) is 0 Å². The number of rotatable bonds is 8. The Bertz CT molecular complexity index is 314. The van der Waals surface area contributed by atoms with Crippen molar-refractivity contribution in [2.45, 2.75) is 58.8 Å². The van der Waals surface area contributed by atoms with Gasteiger partial charge in [0, 0.05) is 13.1 Å². The summed E-state index contributed by atoms with van der Waals surface area (Å²) in [4.78, 5) is 27.0. The molecule has 0 spiro atoms. The lowest BCUT2D eigenvalue weighted by atomic mass is 10.2. The van der Waals surface area contributed by atoms with Crippen LogP contribution in [0.1, 0.15) is 58.8 Å². The summed E-state index contributed by atoms with van der Waals surface area (Å²) in [6.07, 6.45) is 6.23. The molecule has 2 amide bonds. The maximum Gasteiger partial charge on any atom is 0.238 e. The quantitative estimate of drug-likeness (QED) is 0.391. The molecule has 0 aromatic heterocycles. The van der Waals surface area contributed by atoms with Crippen molar-refractivity contribution in [1.29, 1.82) is 0 Å². The lowest BCUT2D eigenvalue weighted by molar-refractivity contribution is -0.140. The van der Waals surface area contributed by atoms with Crippen molar-refractivity contribution in [1.82, 2.24) is 9.80 Å². The van der Waals surface area contributed by atoms with Crippen molar-refractivity contribution >= 4 is 29.1 Å². The summed E-state index contributed by atoms with van der Waals surface area (Å²) >= 11 is 5.31. The molecule has 0 aromatic rings. The Morgan fingerprint density at radius 1 is 0.895 bits per heavy atom. The Morgan fingerprint density at radius 2 is 1.32 bits per heavy atom. The smallest absolute Gasteiger partial charge is 0.238 e. The van der Waals surface area contributed by atoms with Crippen LogP contribution < -0.4 is 0 Å². The van der Waals surface area contributed by atoms with Gasteiger partial charge in [0.25, 0.3) is 0 Å². The van der Waals surface area contributed by atoms with Crippen LogP contribution in [0.25, 0.3) is 0 Å². The first-order chi connectivity index (χ1) is 9.11. The number of hydrogen-bond donors (Lipinski definition) is 0. The average Bonchev–Trinajstić information content (AvgIpc) is 2.37. The van der Waals surface area contributed by atoms with Gasteiger partial charge in [-0.1, -0.05) is 39.5 Å². The Hall–Kier alpha value is -0.970. The second kappa shape index (κ2) is 8.25. The van der Waals surface area contributed by atoms with E-state index in [4.69, 9.17) is 12.2 Å². The molecular formula is C14H24N2O2S. The van der Waals surface area contributed by atoms with Crippen molar-refractivity contribution in [3.63, 3.8) is 0 Å². The zero-order chi connectivity index (χ0) is 14.3. The summed E-state index contributed by atoms with van der Waals surface area (Å²) in [7, 11) is 0. The maximum absolute atomic E-state index is 11.9. The largest absolute Gasteiger partial charge is 0.288 e. The van der Waals surface area contributed by atoms with Crippen molar-refractivity contribution in [2.75, 3.05) is 13.1 Å². The minimum absolute atomic E-state index is 0.0294. The summed E-state index contributed by atoms with van der Waals surface area (Å²) in [6.45, 7) is 5.53. The molecule has 0 aromatic carbocycles. The highest BCUT2D eigenvalue weighted by molar-refractivity contribution is 7.80. The third-order valence-corrected chi connectivity index (χ3v) is 3.78. The first kappa shape index (κ1) is 16.1. The second-order valence-electron chi connectivity index (χ2n) is 4.96. The minimum atomic E-state index is -0.141. The van der Waals surface area contributed by atoms with Crippen LogP contribution >= 0.6 is 12.2 Å². The van der Waals surface area contributed by atoms with E-state index in [1.165, 1.54) is 0 Å². The van der Waals surface area contributed by atoms with E-state index >= 15 is 0 Å². The van der Waals surface area contributed by atoms with Gasteiger partial charge in [-0.25, -0.2) is 0 Å². The summed E-state index contributed by atoms with van der Waals surface area (Å²) in [5.41, 5.74) is 0. The molecule has 0 bridgehead atoms. The van der Waals surface area contributed by atoms with E-state index in [1.807, 2.05) is 0 Å².